The number of aromatic nitrogens is 2. The lowest BCUT2D eigenvalue weighted by Crippen LogP contribution is -2.04. The first kappa shape index (κ1) is 13.0. The predicted octanol–water partition coefficient (Wildman–Crippen LogP) is 3.19. The molecule has 0 saturated carbocycles. The van der Waals surface area contributed by atoms with Crippen molar-refractivity contribution >= 4 is 17.4 Å². The van der Waals surface area contributed by atoms with Crippen molar-refractivity contribution in [2.24, 2.45) is 7.05 Å². The third kappa shape index (κ3) is 3.53. The van der Waals surface area contributed by atoms with Gasteiger partial charge in [0.05, 0.1) is 11.4 Å². The summed E-state index contributed by atoms with van der Waals surface area (Å²) in [6.45, 7) is 3.09. The quantitative estimate of drug-likeness (QED) is 0.640. The molecule has 2 rings (SSSR count). The van der Waals surface area contributed by atoms with Gasteiger partial charge in [-0.3, -0.25) is 4.68 Å². The van der Waals surface area contributed by atoms with Crippen LogP contribution in [-0.2, 0) is 13.5 Å². The van der Waals surface area contributed by atoms with Gasteiger partial charge in [-0.25, -0.2) is 0 Å². The topological polar surface area (TPSA) is 29.9 Å². The Morgan fingerprint density at radius 3 is 2.78 bits per heavy atom. The fraction of sp³-hybridized carbons (Fsp3) is 0.357. The van der Waals surface area contributed by atoms with E-state index in [0.29, 0.717) is 0 Å². The fourth-order valence-corrected chi connectivity index (χ4v) is 2.60. The van der Waals surface area contributed by atoms with Crippen molar-refractivity contribution in [2.45, 2.75) is 18.2 Å². The highest BCUT2D eigenvalue weighted by Gasteiger charge is 2.04. The average Bonchev–Trinajstić information content (AvgIpc) is 2.76. The summed E-state index contributed by atoms with van der Waals surface area (Å²) in [7, 11) is 1.96. The van der Waals surface area contributed by atoms with E-state index in [4.69, 9.17) is 0 Å². The van der Waals surface area contributed by atoms with Crippen molar-refractivity contribution in [3.8, 4) is 0 Å². The number of hydrogen-bond acceptors (Lipinski definition) is 3. The molecule has 0 atom stereocenters. The monoisotopic (exact) mass is 261 g/mol. The number of nitrogens with one attached hydrogen (secondary N) is 1. The van der Waals surface area contributed by atoms with Gasteiger partial charge in [-0.1, -0.05) is 25.1 Å². The molecule has 0 saturated heterocycles. The van der Waals surface area contributed by atoms with Gasteiger partial charge in [0, 0.05) is 30.4 Å². The van der Waals surface area contributed by atoms with Gasteiger partial charge in [-0.2, -0.15) is 5.10 Å². The summed E-state index contributed by atoms with van der Waals surface area (Å²) in [4.78, 5) is 1.32. The second kappa shape index (κ2) is 6.50. The molecule has 0 aliphatic heterocycles. The van der Waals surface area contributed by atoms with Crippen LogP contribution in [0.25, 0.3) is 0 Å². The molecule has 0 bridgehead atoms. The SMILES string of the molecule is CCc1nn(C)cc1NCCSc1ccccc1. The van der Waals surface area contributed by atoms with Crippen molar-refractivity contribution in [2.75, 3.05) is 17.6 Å². The molecule has 0 unspecified atom stereocenters. The molecule has 0 fully saturated rings. The average molecular weight is 261 g/mol. The maximum atomic E-state index is 4.41. The van der Waals surface area contributed by atoms with Gasteiger partial charge < -0.3 is 5.32 Å². The van der Waals surface area contributed by atoms with Crippen LogP contribution in [0.2, 0.25) is 0 Å². The van der Waals surface area contributed by atoms with E-state index in [1.807, 2.05) is 35.8 Å². The second-order valence-corrected chi connectivity index (χ2v) is 5.27. The van der Waals surface area contributed by atoms with Crippen molar-refractivity contribution in [3.05, 3.63) is 42.2 Å². The van der Waals surface area contributed by atoms with E-state index in [-0.39, 0.29) is 0 Å². The highest BCUT2D eigenvalue weighted by atomic mass is 32.2. The molecule has 3 nitrogen and oxygen atoms in total. The number of nitrogens with zero attached hydrogens (tertiary/aromatic N) is 2. The molecule has 1 aromatic heterocycles. The van der Waals surface area contributed by atoms with Crippen LogP contribution in [-0.4, -0.2) is 22.1 Å². The van der Waals surface area contributed by atoms with E-state index >= 15 is 0 Å². The van der Waals surface area contributed by atoms with E-state index < -0.39 is 0 Å². The molecule has 2 aromatic rings. The zero-order chi connectivity index (χ0) is 12.8. The summed E-state index contributed by atoms with van der Waals surface area (Å²) in [5.74, 6) is 1.06. The third-order valence-electron chi connectivity index (χ3n) is 2.67. The lowest BCUT2D eigenvalue weighted by atomic mass is 10.3. The molecule has 4 heteroatoms. The van der Waals surface area contributed by atoms with Crippen LogP contribution in [0.1, 0.15) is 12.6 Å². The molecule has 0 aliphatic rings. The number of aryl methyl sites for hydroxylation is 2. The van der Waals surface area contributed by atoms with Gasteiger partial charge in [0.1, 0.15) is 0 Å². The number of benzene rings is 1. The summed E-state index contributed by atoms with van der Waals surface area (Å²) >= 11 is 1.87. The lowest BCUT2D eigenvalue weighted by Gasteiger charge is -2.05. The van der Waals surface area contributed by atoms with E-state index in [0.717, 1.165) is 30.1 Å². The summed E-state index contributed by atoms with van der Waals surface area (Å²) < 4.78 is 1.87. The molecular weight excluding hydrogens is 242 g/mol. The van der Waals surface area contributed by atoms with Crippen LogP contribution >= 0.6 is 11.8 Å². The van der Waals surface area contributed by atoms with Crippen LogP contribution in [0.5, 0.6) is 0 Å². The Hall–Kier alpha value is -1.42. The first-order chi connectivity index (χ1) is 8.79. The smallest absolute Gasteiger partial charge is 0.0853 e. The minimum atomic E-state index is 0.957. The zero-order valence-corrected chi connectivity index (χ0v) is 11.7. The highest BCUT2D eigenvalue weighted by Crippen LogP contribution is 2.18. The number of rotatable bonds is 6. The molecule has 1 aromatic carbocycles. The molecule has 0 radical (unpaired) electrons. The van der Waals surface area contributed by atoms with E-state index in [1.54, 1.807) is 0 Å². The van der Waals surface area contributed by atoms with Gasteiger partial charge >= 0.3 is 0 Å². The summed E-state index contributed by atoms with van der Waals surface area (Å²) in [5, 5.41) is 7.86. The molecule has 1 N–H and O–H groups in total. The predicted molar refractivity (Wildman–Crippen MR) is 78.2 cm³/mol. The van der Waals surface area contributed by atoms with Crippen molar-refractivity contribution in [1.82, 2.24) is 9.78 Å². The molecule has 1 heterocycles. The van der Waals surface area contributed by atoms with Crippen LogP contribution in [0.15, 0.2) is 41.4 Å². The lowest BCUT2D eigenvalue weighted by molar-refractivity contribution is 0.746. The first-order valence-corrected chi connectivity index (χ1v) is 7.22. The number of hydrogen-bond donors (Lipinski definition) is 1. The van der Waals surface area contributed by atoms with Gasteiger partial charge in [-0.15, -0.1) is 11.8 Å². The number of thioether (sulfide) groups is 1. The van der Waals surface area contributed by atoms with Crippen molar-refractivity contribution in [1.29, 1.82) is 0 Å². The largest absolute Gasteiger partial charge is 0.381 e. The normalized spacial score (nSPS) is 10.6. The second-order valence-electron chi connectivity index (χ2n) is 4.10. The van der Waals surface area contributed by atoms with E-state index in [2.05, 4.69) is 41.6 Å². The zero-order valence-electron chi connectivity index (χ0n) is 10.9. The minimum Gasteiger partial charge on any atom is -0.381 e. The minimum absolute atomic E-state index is 0.957. The maximum absolute atomic E-state index is 4.41. The van der Waals surface area contributed by atoms with Crippen LogP contribution in [0, 0.1) is 0 Å². The fourth-order valence-electron chi connectivity index (χ4n) is 1.81. The van der Waals surface area contributed by atoms with Gasteiger partial charge in [-0.05, 0) is 18.6 Å². The maximum Gasteiger partial charge on any atom is 0.0853 e. The van der Waals surface area contributed by atoms with Crippen LogP contribution < -0.4 is 5.32 Å². The Kier molecular flexibility index (Phi) is 4.70. The van der Waals surface area contributed by atoms with Gasteiger partial charge in [0.25, 0.3) is 0 Å². The number of anilines is 1. The molecule has 96 valence electrons. The standard InChI is InChI=1S/C14H19N3S/c1-3-13-14(11-17(2)16-13)15-9-10-18-12-7-5-4-6-8-12/h4-8,11,15H,3,9-10H2,1-2H3. The van der Waals surface area contributed by atoms with E-state index in [9.17, 15) is 0 Å². The van der Waals surface area contributed by atoms with Crippen molar-refractivity contribution < 1.29 is 0 Å². The molecule has 0 amide bonds. The Morgan fingerprint density at radius 1 is 1.28 bits per heavy atom. The van der Waals surface area contributed by atoms with Gasteiger partial charge in [0.15, 0.2) is 0 Å². The molecule has 0 spiro atoms. The van der Waals surface area contributed by atoms with E-state index in [1.165, 1.54) is 4.90 Å². The van der Waals surface area contributed by atoms with Crippen molar-refractivity contribution in [3.63, 3.8) is 0 Å². The Balaban J connectivity index is 1.78. The third-order valence-corrected chi connectivity index (χ3v) is 3.68. The van der Waals surface area contributed by atoms with Crippen LogP contribution in [0.4, 0.5) is 5.69 Å². The Labute approximate surface area is 113 Å². The Bertz CT molecular complexity index is 479. The molecule has 18 heavy (non-hydrogen) atoms. The summed E-state index contributed by atoms with van der Waals surface area (Å²) in [6, 6.07) is 10.5. The molecule has 0 aliphatic carbocycles. The highest BCUT2D eigenvalue weighted by molar-refractivity contribution is 7.99. The van der Waals surface area contributed by atoms with Crippen LogP contribution in [0.3, 0.4) is 0 Å². The summed E-state index contributed by atoms with van der Waals surface area (Å²) in [5.41, 5.74) is 2.30. The summed E-state index contributed by atoms with van der Waals surface area (Å²) in [6.07, 6.45) is 3.01. The van der Waals surface area contributed by atoms with Gasteiger partial charge in [0.2, 0.25) is 0 Å². The first-order valence-electron chi connectivity index (χ1n) is 6.24. The molecular formula is C14H19N3S. The Morgan fingerprint density at radius 2 is 2.06 bits per heavy atom.